The van der Waals surface area contributed by atoms with Crippen LogP contribution in [0.2, 0.25) is 0 Å². The molecule has 4 rings (SSSR count). The fourth-order valence-electron chi connectivity index (χ4n) is 4.16. The average molecular weight is 460 g/mol. The van der Waals surface area contributed by atoms with Gasteiger partial charge in [-0.25, -0.2) is 13.4 Å². The normalized spacial score (nSPS) is 16.8. The number of rotatable bonds is 6. The minimum atomic E-state index is -3.54. The predicted octanol–water partition coefficient (Wildman–Crippen LogP) is 1.49. The molecule has 1 aliphatic rings. The third-order valence-electron chi connectivity index (χ3n) is 5.70. The Kier molecular flexibility index (Phi) is 6.00. The Morgan fingerprint density at radius 2 is 2.03 bits per heavy atom. The molecule has 170 valence electrons. The summed E-state index contributed by atoms with van der Waals surface area (Å²) in [5.41, 5.74) is 1.25. The number of methoxy groups -OCH3 is 2. The molecule has 1 amide bonds. The van der Waals surface area contributed by atoms with Gasteiger partial charge in [0.25, 0.3) is 5.78 Å². The Morgan fingerprint density at radius 1 is 1.22 bits per heavy atom. The third kappa shape index (κ3) is 4.24. The van der Waals surface area contributed by atoms with Gasteiger partial charge in [-0.2, -0.15) is 14.6 Å². The van der Waals surface area contributed by atoms with E-state index in [4.69, 9.17) is 9.47 Å². The molecule has 1 aliphatic heterocycles. The van der Waals surface area contributed by atoms with E-state index >= 15 is 0 Å². The lowest BCUT2D eigenvalue weighted by molar-refractivity contribution is -0.131. The van der Waals surface area contributed by atoms with Crippen molar-refractivity contribution in [3.05, 3.63) is 42.0 Å². The second-order valence-electron chi connectivity index (χ2n) is 7.79. The largest absolute Gasteiger partial charge is 0.497 e. The molecule has 0 bridgehead atoms. The van der Waals surface area contributed by atoms with Gasteiger partial charge in [0.05, 0.1) is 32.5 Å². The number of ether oxygens (including phenoxy) is 2. The first-order valence-corrected chi connectivity index (χ1v) is 12.1. The van der Waals surface area contributed by atoms with Crippen molar-refractivity contribution in [3.63, 3.8) is 0 Å². The molecule has 0 radical (unpaired) electrons. The highest BCUT2D eigenvalue weighted by Gasteiger charge is 2.31. The van der Waals surface area contributed by atoms with Crippen molar-refractivity contribution >= 4 is 21.5 Å². The SMILES string of the molecule is COc1ccc(OC)c(CC(=O)N2CCCC(c3c(S(C)(=O)=O)cnc4ncnn34)C2)c1. The molecule has 3 aromatic rings. The van der Waals surface area contributed by atoms with Gasteiger partial charge in [-0.05, 0) is 31.0 Å². The summed E-state index contributed by atoms with van der Waals surface area (Å²) in [6.45, 7) is 0.980. The van der Waals surface area contributed by atoms with Gasteiger partial charge in [-0.1, -0.05) is 0 Å². The number of likely N-dealkylation sites (tertiary alicyclic amines) is 1. The van der Waals surface area contributed by atoms with E-state index in [9.17, 15) is 13.2 Å². The number of sulfone groups is 1. The number of hydrogen-bond acceptors (Lipinski definition) is 8. The van der Waals surface area contributed by atoms with Crippen LogP contribution in [0.1, 0.15) is 30.0 Å². The molecule has 0 spiro atoms. The van der Waals surface area contributed by atoms with Crippen molar-refractivity contribution in [2.75, 3.05) is 33.6 Å². The number of benzene rings is 1. The van der Waals surface area contributed by atoms with Crippen LogP contribution in [0.3, 0.4) is 0 Å². The van der Waals surface area contributed by atoms with Gasteiger partial charge in [0.15, 0.2) is 9.84 Å². The Bertz CT molecular complexity index is 1260. The number of aromatic nitrogens is 4. The van der Waals surface area contributed by atoms with E-state index in [0.717, 1.165) is 24.7 Å². The van der Waals surface area contributed by atoms with Crippen molar-refractivity contribution < 1.29 is 22.7 Å². The zero-order chi connectivity index (χ0) is 22.9. The monoisotopic (exact) mass is 459 g/mol. The topological polar surface area (TPSA) is 116 Å². The van der Waals surface area contributed by atoms with Crippen molar-refractivity contribution in [3.8, 4) is 11.5 Å². The van der Waals surface area contributed by atoms with Crippen LogP contribution in [0.4, 0.5) is 0 Å². The van der Waals surface area contributed by atoms with Crippen LogP contribution in [-0.4, -0.2) is 72.4 Å². The minimum Gasteiger partial charge on any atom is -0.497 e. The maximum Gasteiger partial charge on any atom is 0.252 e. The standard InChI is InChI=1S/C21H25N5O5S/c1-30-16-6-7-17(31-2)15(9-16)10-19(27)25-8-4-5-14(12-25)20-18(32(3,28)29)11-22-21-23-13-24-26(20)21/h6-7,9,11,13-14H,4-5,8,10,12H2,1-3H3. The molecule has 1 unspecified atom stereocenters. The number of hydrogen-bond donors (Lipinski definition) is 0. The lowest BCUT2D eigenvalue weighted by Crippen LogP contribution is -2.40. The first-order chi connectivity index (χ1) is 15.3. The molecule has 2 aromatic heterocycles. The zero-order valence-corrected chi connectivity index (χ0v) is 19.0. The maximum atomic E-state index is 13.2. The lowest BCUT2D eigenvalue weighted by atomic mass is 9.94. The summed E-state index contributed by atoms with van der Waals surface area (Å²) in [5.74, 6) is 1.32. The number of piperidine rings is 1. The molecule has 3 heterocycles. The molecule has 1 fully saturated rings. The Morgan fingerprint density at radius 3 is 2.75 bits per heavy atom. The molecule has 0 aliphatic carbocycles. The first kappa shape index (κ1) is 22.0. The Labute approximate surface area is 186 Å². The minimum absolute atomic E-state index is 0.0638. The van der Waals surface area contributed by atoms with Crippen molar-refractivity contribution in [1.82, 2.24) is 24.5 Å². The Balaban J connectivity index is 1.63. The molecule has 0 saturated carbocycles. The summed E-state index contributed by atoms with van der Waals surface area (Å²) in [7, 11) is -0.407. The highest BCUT2D eigenvalue weighted by atomic mass is 32.2. The van der Waals surface area contributed by atoms with E-state index in [2.05, 4.69) is 15.1 Å². The van der Waals surface area contributed by atoms with E-state index in [-0.39, 0.29) is 23.1 Å². The summed E-state index contributed by atoms with van der Waals surface area (Å²) < 4.78 is 37.0. The summed E-state index contributed by atoms with van der Waals surface area (Å²) in [4.78, 5) is 23.2. The second-order valence-corrected chi connectivity index (χ2v) is 9.77. The van der Waals surface area contributed by atoms with Gasteiger partial charge >= 0.3 is 0 Å². The van der Waals surface area contributed by atoms with Gasteiger partial charge in [0.1, 0.15) is 22.7 Å². The summed E-state index contributed by atoms with van der Waals surface area (Å²) >= 11 is 0. The van der Waals surface area contributed by atoms with E-state index in [0.29, 0.717) is 36.1 Å². The maximum absolute atomic E-state index is 13.2. The highest BCUT2D eigenvalue weighted by Crippen LogP contribution is 2.32. The fourth-order valence-corrected chi connectivity index (χ4v) is 5.04. The van der Waals surface area contributed by atoms with Crippen LogP contribution in [0.25, 0.3) is 5.78 Å². The van der Waals surface area contributed by atoms with Crippen molar-refractivity contribution in [1.29, 1.82) is 0 Å². The lowest BCUT2D eigenvalue weighted by Gasteiger charge is -2.33. The highest BCUT2D eigenvalue weighted by molar-refractivity contribution is 7.90. The van der Waals surface area contributed by atoms with Gasteiger partial charge in [-0.15, -0.1) is 0 Å². The second kappa shape index (κ2) is 8.73. The molecule has 1 saturated heterocycles. The summed E-state index contributed by atoms with van der Waals surface area (Å²) in [5, 5.41) is 4.19. The van der Waals surface area contributed by atoms with Crippen molar-refractivity contribution in [2.45, 2.75) is 30.1 Å². The van der Waals surface area contributed by atoms with Crippen LogP contribution in [0.5, 0.6) is 11.5 Å². The van der Waals surface area contributed by atoms with E-state index in [1.165, 1.54) is 17.0 Å². The zero-order valence-electron chi connectivity index (χ0n) is 18.2. The smallest absolute Gasteiger partial charge is 0.252 e. The van der Waals surface area contributed by atoms with E-state index in [1.807, 2.05) is 0 Å². The van der Waals surface area contributed by atoms with Gasteiger partial charge < -0.3 is 14.4 Å². The Hall–Kier alpha value is -3.21. The molecular weight excluding hydrogens is 434 g/mol. The van der Waals surface area contributed by atoms with Crippen LogP contribution in [0, 0.1) is 0 Å². The van der Waals surface area contributed by atoms with E-state index in [1.54, 1.807) is 37.3 Å². The molecule has 11 heteroatoms. The van der Waals surface area contributed by atoms with E-state index < -0.39 is 9.84 Å². The summed E-state index contributed by atoms with van der Waals surface area (Å²) in [6, 6.07) is 5.35. The fraction of sp³-hybridized carbons (Fsp3) is 0.429. The molecular formula is C21H25N5O5S. The van der Waals surface area contributed by atoms with Crippen LogP contribution < -0.4 is 9.47 Å². The molecule has 0 N–H and O–H groups in total. The van der Waals surface area contributed by atoms with Crippen molar-refractivity contribution in [2.24, 2.45) is 0 Å². The van der Waals surface area contributed by atoms with Crippen LogP contribution >= 0.6 is 0 Å². The molecule has 1 aromatic carbocycles. The first-order valence-electron chi connectivity index (χ1n) is 10.2. The third-order valence-corrected chi connectivity index (χ3v) is 6.81. The number of carbonyl (C=O) groups is 1. The number of fused-ring (bicyclic) bond motifs is 1. The van der Waals surface area contributed by atoms with Crippen LogP contribution in [-0.2, 0) is 21.1 Å². The number of amides is 1. The number of carbonyl (C=O) groups excluding carboxylic acids is 1. The van der Waals surface area contributed by atoms with Gasteiger partial charge in [-0.3, -0.25) is 4.79 Å². The van der Waals surface area contributed by atoms with Crippen LogP contribution in [0.15, 0.2) is 35.6 Å². The molecule has 32 heavy (non-hydrogen) atoms. The average Bonchev–Trinajstić information content (AvgIpc) is 3.26. The van der Waals surface area contributed by atoms with Gasteiger partial charge in [0, 0.05) is 30.8 Å². The molecule has 10 nitrogen and oxygen atoms in total. The quantitative estimate of drug-likeness (QED) is 0.544. The number of nitrogens with zero attached hydrogens (tertiary/aromatic N) is 5. The molecule has 1 atom stereocenters. The summed E-state index contributed by atoms with van der Waals surface area (Å²) in [6.07, 6.45) is 5.45. The predicted molar refractivity (Wildman–Crippen MR) is 116 cm³/mol. The van der Waals surface area contributed by atoms with Gasteiger partial charge in [0.2, 0.25) is 5.91 Å².